The summed E-state index contributed by atoms with van der Waals surface area (Å²) in [7, 11) is 0. The SMILES string of the molecule is CC[C@@H]1C#C[C@@H]2C=C[C@@H](c3ccc(O)c(OCCCC4=CCNC(N)=C4)c3)C[C@@H](O)[C@H]2[C@@H](O)CCCC1. The van der Waals surface area contributed by atoms with Crippen molar-refractivity contribution in [2.24, 2.45) is 23.5 Å². The van der Waals surface area contributed by atoms with Gasteiger partial charge in [-0.05, 0) is 67.9 Å². The molecule has 6 atom stereocenters. The molecule has 0 saturated heterocycles. The van der Waals surface area contributed by atoms with Crippen LogP contribution in [0.5, 0.6) is 11.5 Å². The Morgan fingerprint density at radius 2 is 1.95 bits per heavy atom. The van der Waals surface area contributed by atoms with Gasteiger partial charge in [-0.3, -0.25) is 0 Å². The van der Waals surface area contributed by atoms with Crippen molar-refractivity contribution in [1.29, 1.82) is 0 Å². The third kappa shape index (κ3) is 7.34. The molecule has 2 aliphatic carbocycles. The van der Waals surface area contributed by atoms with Crippen LogP contribution in [0.15, 0.2) is 53.9 Å². The number of nitrogens with two attached hydrogens (primary N) is 1. The highest BCUT2D eigenvalue weighted by Gasteiger charge is 2.36. The number of nitrogens with one attached hydrogen (secondary N) is 1. The third-order valence-corrected chi connectivity index (χ3v) is 7.89. The Labute approximate surface area is 221 Å². The Kier molecular flexibility index (Phi) is 9.60. The van der Waals surface area contributed by atoms with Crippen LogP contribution in [0.3, 0.4) is 0 Å². The minimum absolute atomic E-state index is 0.0560. The summed E-state index contributed by atoms with van der Waals surface area (Å²) >= 11 is 0. The normalized spacial score (nSPS) is 29.9. The molecule has 1 aliphatic heterocycles. The predicted molar refractivity (Wildman–Crippen MR) is 147 cm³/mol. The van der Waals surface area contributed by atoms with Gasteiger partial charge in [0, 0.05) is 30.2 Å². The number of phenolic OH excluding ortho intramolecular Hbond substituents is 1. The van der Waals surface area contributed by atoms with E-state index in [0.29, 0.717) is 36.9 Å². The second-order valence-electron chi connectivity index (χ2n) is 10.6. The maximum Gasteiger partial charge on any atom is 0.161 e. The Bertz CT molecular complexity index is 1070. The Morgan fingerprint density at radius 3 is 2.76 bits per heavy atom. The van der Waals surface area contributed by atoms with E-state index in [2.05, 4.69) is 42.3 Å². The van der Waals surface area contributed by atoms with E-state index in [4.69, 9.17) is 10.5 Å². The summed E-state index contributed by atoms with van der Waals surface area (Å²) < 4.78 is 5.95. The van der Waals surface area contributed by atoms with Crippen molar-refractivity contribution >= 4 is 0 Å². The van der Waals surface area contributed by atoms with Crippen molar-refractivity contribution in [2.45, 2.75) is 76.4 Å². The largest absolute Gasteiger partial charge is 0.504 e. The molecule has 0 bridgehead atoms. The summed E-state index contributed by atoms with van der Waals surface area (Å²) in [5.74, 6) is 7.92. The smallest absolute Gasteiger partial charge is 0.161 e. The topological polar surface area (TPSA) is 108 Å². The van der Waals surface area contributed by atoms with Crippen LogP contribution < -0.4 is 15.8 Å². The van der Waals surface area contributed by atoms with Gasteiger partial charge in [0.15, 0.2) is 11.5 Å². The van der Waals surface area contributed by atoms with Gasteiger partial charge < -0.3 is 31.1 Å². The van der Waals surface area contributed by atoms with Crippen molar-refractivity contribution in [3.63, 3.8) is 0 Å². The van der Waals surface area contributed by atoms with Crippen LogP contribution in [0.2, 0.25) is 0 Å². The van der Waals surface area contributed by atoms with Gasteiger partial charge in [0.2, 0.25) is 0 Å². The van der Waals surface area contributed by atoms with Crippen LogP contribution in [0.25, 0.3) is 0 Å². The predicted octanol–water partition coefficient (Wildman–Crippen LogP) is 4.48. The molecule has 0 spiro atoms. The van der Waals surface area contributed by atoms with E-state index in [1.807, 2.05) is 18.2 Å². The summed E-state index contributed by atoms with van der Waals surface area (Å²) in [5, 5.41) is 35.7. The number of allylic oxidation sites excluding steroid dienone is 4. The van der Waals surface area contributed by atoms with Crippen LogP contribution in [0.1, 0.15) is 69.8 Å². The Morgan fingerprint density at radius 1 is 1.11 bits per heavy atom. The first-order chi connectivity index (χ1) is 17.9. The summed E-state index contributed by atoms with van der Waals surface area (Å²) in [6.07, 6.45) is 14.0. The van der Waals surface area contributed by atoms with Crippen molar-refractivity contribution in [1.82, 2.24) is 5.32 Å². The molecule has 1 aromatic rings. The van der Waals surface area contributed by atoms with Gasteiger partial charge in [-0.15, -0.1) is 0 Å². The number of phenols is 1. The fraction of sp³-hybridized carbons (Fsp3) is 0.548. The molecule has 0 saturated carbocycles. The van der Waals surface area contributed by atoms with Gasteiger partial charge >= 0.3 is 0 Å². The van der Waals surface area contributed by atoms with E-state index in [0.717, 1.165) is 50.6 Å². The van der Waals surface area contributed by atoms with Crippen molar-refractivity contribution < 1.29 is 20.1 Å². The lowest BCUT2D eigenvalue weighted by molar-refractivity contribution is -0.00705. The molecule has 4 rings (SSSR count). The molecule has 6 heteroatoms. The number of aliphatic hydroxyl groups excluding tert-OH is 2. The first kappa shape index (κ1) is 27.2. The second-order valence-corrected chi connectivity index (χ2v) is 10.6. The molecule has 200 valence electrons. The molecule has 6 nitrogen and oxygen atoms in total. The van der Waals surface area contributed by atoms with Gasteiger partial charge in [-0.25, -0.2) is 0 Å². The summed E-state index contributed by atoms with van der Waals surface area (Å²) in [6, 6.07) is 5.42. The Balaban J connectivity index is 1.45. The molecule has 0 fully saturated rings. The van der Waals surface area contributed by atoms with E-state index in [9.17, 15) is 15.3 Å². The van der Waals surface area contributed by atoms with Crippen molar-refractivity contribution in [3.05, 3.63) is 59.5 Å². The van der Waals surface area contributed by atoms with Gasteiger partial charge in [0.1, 0.15) is 0 Å². The fourth-order valence-electron chi connectivity index (χ4n) is 5.65. The first-order valence-corrected chi connectivity index (χ1v) is 13.9. The number of rotatable bonds is 7. The lowest BCUT2D eigenvalue weighted by Crippen LogP contribution is -2.36. The average Bonchev–Trinajstić information content (AvgIpc) is 3.05. The molecule has 6 N–H and O–H groups in total. The third-order valence-electron chi connectivity index (χ3n) is 7.89. The summed E-state index contributed by atoms with van der Waals surface area (Å²) in [6.45, 7) is 3.39. The molecular formula is C31H42N2O4. The van der Waals surface area contributed by atoms with Gasteiger partial charge in [0.25, 0.3) is 0 Å². The fourth-order valence-corrected chi connectivity index (χ4v) is 5.65. The lowest BCUT2D eigenvalue weighted by atomic mass is 9.79. The van der Waals surface area contributed by atoms with E-state index >= 15 is 0 Å². The minimum atomic E-state index is -0.675. The molecule has 1 aromatic carbocycles. The van der Waals surface area contributed by atoms with Crippen LogP contribution >= 0.6 is 0 Å². The number of aliphatic hydroxyl groups is 2. The number of aromatic hydroxyl groups is 1. The van der Waals surface area contributed by atoms with Gasteiger partial charge in [0.05, 0.1) is 24.6 Å². The molecule has 0 radical (unpaired) electrons. The van der Waals surface area contributed by atoms with Crippen LogP contribution in [-0.4, -0.2) is 40.7 Å². The molecular weight excluding hydrogens is 464 g/mol. The van der Waals surface area contributed by atoms with E-state index in [-0.39, 0.29) is 23.5 Å². The van der Waals surface area contributed by atoms with Crippen LogP contribution in [0.4, 0.5) is 0 Å². The number of hydrogen-bond donors (Lipinski definition) is 5. The van der Waals surface area contributed by atoms with E-state index in [1.165, 1.54) is 5.57 Å². The van der Waals surface area contributed by atoms with E-state index in [1.54, 1.807) is 6.07 Å². The molecule has 1 heterocycles. The molecule has 0 amide bonds. The van der Waals surface area contributed by atoms with Gasteiger partial charge in [-0.1, -0.05) is 55.9 Å². The van der Waals surface area contributed by atoms with Crippen molar-refractivity contribution in [2.75, 3.05) is 13.2 Å². The standard InChI is InChI=1S/C31H42N2O4/c1-2-21-6-3-4-8-27(35)31-23(10-9-21)11-12-24(19-28(31)36)25-13-14-26(34)29(20-25)37-17-5-7-22-15-16-33-30(32)18-22/h11-15,18,20-21,23-24,27-28,31,33-36H,2-8,16-17,19,32H2,1H3/t21-,23+,24+,27-,28+,31+/m0/s1. The summed E-state index contributed by atoms with van der Waals surface area (Å²) in [5.41, 5.74) is 7.99. The lowest BCUT2D eigenvalue weighted by Gasteiger charge is -2.31. The number of dihydropyridines is 1. The summed E-state index contributed by atoms with van der Waals surface area (Å²) in [4.78, 5) is 0. The maximum atomic E-state index is 11.3. The number of fused-ring (bicyclic) bond motifs is 1. The quantitative estimate of drug-likeness (QED) is 0.212. The second kappa shape index (κ2) is 13.1. The highest BCUT2D eigenvalue weighted by Crippen LogP contribution is 2.38. The zero-order valence-electron chi connectivity index (χ0n) is 21.9. The Hall–Kier alpha value is -2.88. The zero-order chi connectivity index (χ0) is 26.2. The zero-order valence-corrected chi connectivity index (χ0v) is 21.9. The van der Waals surface area contributed by atoms with E-state index < -0.39 is 12.2 Å². The average molecular weight is 507 g/mol. The number of benzene rings is 1. The highest BCUT2D eigenvalue weighted by atomic mass is 16.5. The molecule has 37 heavy (non-hydrogen) atoms. The van der Waals surface area contributed by atoms with Crippen molar-refractivity contribution in [3.8, 4) is 23.3 Å². The molecule has 0 aromatic heterocycles. The molecule has 0 unspecified atom stereocenters. The molecule has 3 aliphatic rings. The monoisotopic (exact) mass is 506 g/mol. The highest BCUT2D eigenvalue weighted by molar-refractivity contribution is 5.44. The van der Waals surface area contributed by atoms with Crippen LogP contribution in [0, 0.1) is 29.6 Å². The number of ether oxygens (including phenoxy) is 1. The maximum absolute atomic E-state index is 11.3. The van der Waals surface area contributed by atoms with Gasteiger partial charge in [-0.2, -0.15) is 0 Å². The van der Waals surface area contributed by atoms with Crippen LogP contribution in [-0.2, 0) is 0 Å². The first-order valence-electron chi connectivity index (χ1n) is 13.9. The number of hydrogen-bond acceptors (Lipinski definition) is 6. The minimum Gasteiger partial charge on any atom is -0.504 e.